The molecule has 1 atom stereocenters. The largest absolute Gasteiger partial charge is 0.308 e. The summed E-state index contributed by atoms with van der Waals surface area (Å²) in [5.74, 6) is 0. The SMILES string of the molecule is CC(C)N1CCC(NC2C=CCCC2)CC1. The van der Waals surface area contributed by atoms with Gasteiger partial charge in [-0.15, -0.1) is 0 Å². The van der Waals surface area contributed by atoms with Crippen LogP contribution < -0.4 is 5.32 Å². The Bertz CT molecular complexity index is 227. The topological polar surface area (TPSA) is 15.3 Å². The van der Waals surface area contributed by atoms with Gasteiger partial charge in [0.15, 0.2) is 0 Å². The van der Waals surface area contributed by atoms with Gasteiger partial charge in [-0.1, -0.05) is 12.2 Å². The van der Waals surface area contributed by atoms with Crippen LogP contribution in [0.3, 0.4) is 0 Å². The third-order valence-corrected chi connectivity index (χ3v) is 3.96. The summed E-state index contributed by atoms with van der Waals surface area (Å²) in [4.78, 5) is 2.59. The zero-order valence-electron chi connectivity index (χ0n) is 10.8. The first-order chi connectivity index (χ1) is 7.75. The highest BCUT2D eigenvalue weighted by atomic mass is 15.2. The van der Waals surface area contributed by atoms with Crippen LogP contribution in [0.1, 0.15) is 46.0 Å². The molecule has 0 radical (unpaired) electrons. The minimum atomic E-state index is 0.657. The monoisotopic (exact) mass is 222 g/mol. The highest BCUT2D eigenvalue weighted by Gasteiger charge is 2.22. The third-order valence-electron chi connectivity index (χ3n) is 3.96. The van der Waals surface area contributed by atoms with E-state index in [1.54, 1.807) is 0 Å². The van der Waals surface area contributed by atoms with Crippen LogP contribution in [0.2, 0.25) is 0 Å². The van der Waals surface area contributed by atoms with E-state index in [-0.39, 0.29) is 0 Å². The molecule has 2 heteroatoms. The van der Waals surface area contributed by atoms with Gasteiger partial charge in [-0.05, 0) is 59.0 Å². The molecule has 1 fully saturated rings. The Morgan fingerprint density at radius 1 is 1.19 bits per heavy atom. The lowest BCUT2D eigenvalue weighted by molar-refractivity contribution is 0.158. The molecule has 0 aromatic rings. The minimum Gasteiger partial charge on any atom is -0.308 e. The van der Waals surface area contributed by atoms with Crippen LogP contribution in [0, 0.1) is 0 Å². The first-order valence-electron chi connectivity index (χ1n) is 6.92. The van der Waals surface area contributed by atoms with Gasteiger partial charge in [0.1, 0.15) is 0 Å². The molecule has 1 aliphatic heterocycles. The molecule has 1 heterocycles. The first-order valence-corrected chi connectivity index (χ1v) is 6.92. The van der Waals surface area contributed by atoms with Crippen molar-refractivity contribution in [2.24, 2.45) is 0 Å². The molecule has 0 aromatic heterocycles. The number of piperidine rings is 1. The second-order valence-corrected chi connectivity index (χ2v) is 5.54. The van der Waals surface area contributed by atoms with Crippen molar-refractivity contribution in [2.75, 3.05) is 13.1 Å². The average molecular weight is 222 g/mol. The van der Waals surface area contributed by atoms with Crippen molar-refractivity contribution in [2.45, 2.75) is 64.1 Å². The Kier molecular flexibility index (Phi) is 4.42. The van der Waals surface area contributed by atoms with E-state index in [2.05, 4.69) is 36.2 Å². The molecule has 2 aliphatic rings. The Morgan fingerprint density at radius 2 is 1.94 bits per heavy atom. The van der Waals surface area contributed by atoms with E-state index >= 15 is 0 Å². The predicted molar refractivity (Wildman–Crippen MR) is 69.6 cm³/mol. The zero-order valence-corrected chi connectivity index (χ0v) is 10.8. The van der Waals surface area contributed by atoms with Gasteiger partial charge >= 0.3 is 0 Å². The molecular formula is C14H26N2. The summed E-state index contributed by atoms with van der Waals surface area (Å²) in [6, 6.07) is 2.13. The second-order valence-electron chi connectivity index (χ2n) is 5.54. The maximum absolute atomic E-state index is 3.80. The maximum atomic E-state index is 3.80. The van der Waals surface area contributed by atoms with Crippen molar-refractivity contribution in [3.05, 3.63) is 12.2 Å². The summed E-state index contributed by atoms with van der Waals surface area (Å²) in [6.07, 6.45) is 11.3. The number of rotatable bonds is 3. The van der Waals surface area contributed by atoms with Gasteiger partial charge in [-0.25, -0.2) is 0 Å². The Balaban J connectivity index is 1.72. The van der Waals surface area contributed by atoms with Crippen LogP contribution in [-0.4, -0.2) is 36.1 Å². The first kappa shape index (κ1) is 12.1. The van der Waals surface area contributed by atoms with Gasteiger partial charge in [0, 0.05) is 18.1 Å². The fourth-order valence-corrected chi connectivity index (χ4v) is 2.84. The quantitative estimate of drug-likeness (QED) is 0.738. The van der Waals surface area contributed by atoms with Crippen LogP contribution in [0.5, 0.6) is 0 Å². The summed E-state index contributed by atoms with van der Waals surface area (Å²) in [5, 5.41) is 3.80. The maximum Gasteiger partial charge on any atom is 0.0252 e. The molecule has 0 saturated carbocycles. The molecule has 16 heavy (non-hydrogen) atoms. The lowest BCUT2D eigenvalue weighted by Gasteiger charge is -2.36. The molecule has 1 N–H and O–H groups in total. The van der Waals surface area contributed by atoms with E-state index in [4.69, 9.17) is 0 Å². The fraction of sp³-hybridized carbons (Fsp3) is 0.857. The smallest absolute Gasteiger partial charge is 0.0252 e. The minimum absolute atomic E-state index is 0.657. The Labute approximate surface area is 100 Å². The van der Waals surface area contributed by atoms with Gasteiger partial charge in [-0.3, -0.25) is 0 Å². The van der Waals surface area contributed by atoms with Crippen LogP contribution >= 0.6 is 0 Å². The van der Waals surface area contributed by atoms with Gasteiger partial charge in [0.05, 0.1) is 0 Å². The molecule has 0 aromatic carbocycles. The Hall–Kier alpha value is -0.340. The van der Waals surface area contributed by atoms with Crippen molar-refractivity contribution in [1.82, 2.24) is 10.2 Å². The number of nitrogens with zero attached hydrogens (tertiary/aromatic N) is 1. The summed E-state index contributed by atoms with van der Waals surface area (Å²) >= 11 is 0. The van der Waals surface area contributed by atoms with Gasteiger partial charge in [0.2, 0.25) is 0 Å². The number of hydrogen-bond donors (Lipinski definition) is 1. The molecule has 92 valence electrons. The van der Waals surface area contributed by atoms with Crippen LogP contribution in [0.25, 0.3) is 0 Å². The van der Waals surface area contributed by atoms with Crippen molar-refractivity contribution >= 4 is 0 Å². The van der Waals surface area contributed by atoms with E-state index in [0.717, 1.165) is 12.1 Å². The summed E-state index contributed by atoms with van der Waals surface area (Å²) in [7, 11) is 0. The van der Waals surface area contributed by atoms with E-state index < -0.39 is 0 Å². The molecule has 2 nitrogen and oxygen atoms in total. The van der Waals surface area contributed by atoms with Crippen molar-refractivity contribution in [1.29, 1.82) is 0 Å². The molecule has 0 amide bonds. The predicted octanol–water partition coefficient (Wildman–Crippen LogP) is 2.56. The lowest BCUT2D eigenvalue weighted by atomic mass is 9.98. The van der Waals surface area contributed by atoms with Crippen LogP contribution in [0.15, 0.2) is 12.2 Å². The summed E-state index contributed by atoms with van der Waals surface area (Å²) in [6.45, 7) is 7.15. The van der Waals surface area contributed by atoms with Gasteiger partial charge in [0.25, 0.3) is 0 Å². The lowest BCUT2D eigenvalue weighted by Crippen LogP contribution is -2.47. The highest BCUT2D eigenvalue weighted by molar-refractivity contribution is 4.99. The number of allylic oxidation sites excluding steroid dienone is 1. The van der Waals surface area contributed by atoms with Crippen molar-refractivity contribution in [3.63, 3.8) is 0 Å². The third kappa shape index (κ3) is 3.33. The van der Waals surface area contributed by atoms with E-state index in [0.29, 0.717) is 6.04 Å². The number of hydrogen-bond acceptors (Lipinski definition) is 2. The van der Waals surface area contributed by atoms with Crippen molar-refractivity contribution < 1.29 is 0 Å². The normalized spacial score (nSPS) is 28.8. The van der Waals surface area contributed by atoms with Gasteiger partial charge < -0.3 is 10.2 Å². The molecule has 1 saturated heterocycles. The number of nitrogens with one attached hydrogen (secondary N) is 1. The Morgan fingerprint density at radius 3 is 2.50 bits per heavy atom. The molecule has 1 unspecified atom stereocenters. The molecule has 2 rings (SSSR count). The standard InChI is InChI=1S/C14H26N2/c1-12(2)16-10-8-14(9-11-16)15-13-6-4-3-5-7-13/h4,6,12-15H,3,5,7-11H2,1-2H3. The van der Waals surface area contributed by atoms with E-state index in [1.807, 2.05) is 0 Å². The molecule has 0 spiro atoms. The fourth-order valence-electron chi connectivity index (χ4n) is 2.84. The zero-order chi connectivity index (χ0) is 11.4. The van der Waals surface area contributed by atoms with E-state index in [1.165, 1.54) is 45.2 Å². The molecule has 0 bridgehead atoms. The average Bonchev–Trinajstić information content (AvgIpc) is 2.31. The summed E-state index contributed by atoms with van der Waals surface area (Å²) in [5.41, 5.74) is 0. The second kappa shape index (κ2) is 5.83. The summed E-state index contributed by atoms with van der Waals surface area (Å²) < 4.78 is 0. The molecule has 1 aliphatic carbocycles. The van der Waals surface area contributed by atoms with E-state index in [9.17, 15) is 0 Å². The van der Waals surface area contributed by atoms with Crippen LogP contribution in [-0.2, 0) is 0 Å². The van der Waals surface area contributed by atoms with Gasteiger partial charge in [-0.2, -0.15) is 0 Å². The number of likely N-dealkylation sites (tertiary alicyclic amines) is 1. The van der Waals surface area contributed by atoms with Crippen LogP contribution in [0.4, 0.5) is 0 Å². The highest BCUT2D eigenvalue weighted by Crippen LogP contribution is 2.16. The molecular weight excluding hydrogens is 196 g/mol. The van der Waals surface area contributed by atoms with Crippen molar-refractivity contribution in [3.8, 4) is 0 Å².